The van der Waals surface area contributed by atoms with E-state index in [2.05, 4.69) is 5.32 Å². The molecule has 106 valence electrons. The lowest BCUT2D eigenvalue weighted by Crippen LogP contribution is -2.49. The minimum Gasteiger partial charge on any atom is -0.480 e. The summed E-state index contributed by atoms with van der Waals surface area (Å²) in [6.45, 7) is 2.34. The molecule has 18 heavy (non-hydrogen) atoms. The number of carboxylic acids is 1. The third-order valence-corrected chi connectivity index (χ3v) is 2.63. The SMILES string of the molecule is CCC(C(=O)O)N(C)C(=O)NCC(COC)OC. The van der Waals surface area contributed by atoms with E-state index in [1.807, 2.05) is 0 Å². The maximum absolute atomic E-state index is 11.7. The van der Waals surface area contributed by atoms with E-state index in [9.17, 15) is 9.59 Å². The zero-order valence-electron chi connectivity index (χ0n) is 11.3. The summed E-state index contributed by atoms with van der Waals surface area (Å²) in [7, 11) is 4.51. The van der Waals surface area contributed by atoms with Gasteiger partial charge < -0.3 is 24.8 Å². The molecular formula is C11H22N2O5. The first kappa shape index (κ1) is 16.7. The molecule has 2 atom stereocenters. The van der Waals surface area contributed by atoms with E-state index in [0.717, 1.165) is 0 Å². The summed E-state index contributed by atoms with van der Waals surface area (Å²) >= 11 is 0. The van der Waals surface area contributed by atoms with Crippen LogP contribution in [-0.2, 0) is 14.3 Å². The Morgan fingerprint density at radius 2 is 2.00 bits per heavy atom. The van der Waals surface area contributed by atoms with Crippen LogP contribution < -0.4 is 5.32 Å². The van der Waals surface area contributed by atoms with Crippen molar-refractivity contribution in [2.75, 3.05) is 34.4 Å². The molecule has 0 aliphatic carbocycles. The highest BCUT2D eigenvalue weighted by Gasteiger charge is 2.24. The van der Waals surface area contributed by atoms with Gasteiger partial charge in [-0.15, -0.1) is 0 Å². The van der Waals surface area contributed by atoms with E-state index >= 15 is 0 Å². The highest BCUT2D eigenvalue weighted by Crippen LogP contribution is 2.02. The molecule has 0 rings (SSSR count). The fourth-order valence-electron chi connectivity index (χ4n) is 1.48. The van der Waals surface area contributed by atoms with Crippen molar-refractivity contribution in [3.63, 3.8) is 0 Å². The van der Waals surface area contributed by atoms with Gasteiger partial charge in [-0.1, -0.05) is 6.92 Å². The number of hydrogen-bond donors (Lipinski definition) is 2. The van der Waals surface area contributed by atoms with Crippen LogP contribution in [0.3, 0.4) is 0 Å². The van der Waals surface area contributed by atoms with Crippen LogP contribution in [0.5, 0.6) is 0 Å². The summed E-state index contributed by atoms with van der Waals surface area (Å²) < 4.78 is 9.99. The number of aliphatic carboxylic acids is 1. The largest absolute Gasteiger partial charge is 0.480 e. The second-order valence-electron chi connectivity index (χ2n) is 3.87. The van der Waals surface area contributed by atoms with E-state index in [0.29, 0.717) is 13.0 Å². The second kappa shape index (κ2) is 8.71. The second-order valence-corrected chi connectivity index (χ2v) is 3.87. The van der Waals surface area contributed by atoms with Crippen molar-refractivity contribution in [1.82, 2.24) is 10.2 Å². The third kappa shape index (κ3) is 5.33. The van der Waals surface area contributed by atoms with Crippen LogP contribution in [0.4, 0.5) is 4.79 Å². The number of amides is 2. The fourth-order valence-corrected chi connectivity index (χ4v) is 1.48. The summed E-state index contributed by atoms with van der Waals surface area (Å²) in [5.74, 6) is -1.02. The lowest BCUT2D eigenvalue weighted by atomic mass is 10.2. The Hall–Kier alpha value is -1.34. The first-order valence-electron chi connectivity index (χ1n) is 5.73. The molecule has 0 bridgehead atoms. The highest BCUT2D eigenvalue weighted by molar-refractivity contribution is 5.82. The van der Waals surface area contributed by atoms with Gasteiger partial charge in [0, 0.05) is 27.8 Å². The minimum absolute atomic E-state index is 0.253. The fraction of sp³-hybridized carbons (Fsp3) is 0.818. The number of methoxy groups -OCH3 is 2. The summed E-state index contributed by atoms with van der Waals surface area (Å²) in [5.41, 5.74) is 0. The maximum atomic E-state index is 11.7. The van der Waals surface area contributed by atoms with Crippen LogP contribution in [0.1, 0.15) is 13.3 Å². The van der Waals surface area contributed by atoms with E-state index in [4.69, 9.17) is 14.6 Å². The van der Waals surface area contributed by atoms with Crippen LogP contribution in [0, 0.1) is 0 Å². The molecule has 2 amide bonds. The van der Waals surface area contributed by atoms with Gasteiger partial charge in [-0.05, 0) is 6.42 Å². The maximum Gasteiger partial charge on any atom is 0.326 e. The zero-order chi connectivity index (χ0) is 14.1. The molecule has 0 aromatic rings. The topological polar surface area (TPSA) is 88.1 Å². The lowest BCUT2D eigenvalue weighted by Gasteiger charge is -2.25. The van der Waals surface area contributed by atoms with Crippen LogP contribution in [0.15, 0.2) is 0 Å². The van der Waals surface area contributed by atoms with Gasteiger partial charge in [-0.25, -0.2) is 9.59 Å². The van der Waals surface area contributed by atoms with Crippen LogP contribution in [0.2, 0.25) is 0 Å². The Morgan fingerprint density at radius 1 is 1.39 bits per heavy atom. The molecule has 0 fully saturated rings. The molecule has 0 aromatic carbocycles. The molecule has 2 unspecified atom stereocenters. The van der Waals surface area contributed by atoms with Crippen molar-refractivity contribution in [1.29, 1.82) is 0 Å². The smallest absolute Gasteiger partial charge is 0.326 e. The number of ether oxygens (including phenoxy) is 2. The number of hydrogen-bond acceptors (Lipinski definition) is 4. The first-order chi connectivity index (χ1) is 8.47. The summed E-state index contributed by atoms with van der Waals surface area (Å²) in [5, 5.41) is 11.5. The van der Waals surface area contributed by atoms with E-state index in [1.54, 1.807) is 6.92 Å². The van der Waals surface area contributed by atoms with Crippen molar-refractivity contribution in [3.8, 4) is 0 Å². The van der Waals surface area contributed by atoms with E-state index in [1.165, 1.54) is 26.2 Å². The number of rotatable bonds is 8. The lowest BCUT2D eigenvalue weighted by molar-refractivity contribution is -0.141. The number of urea groups is 1. The number of carboxylic acid groups (broad SMARTS) is 1. The Kier molecular flexibility index (Phi) is 8.06. The Bertz CT molecular complexity index is 272. The average molecular weight is 262 g/mol. The van der Waals surface area contributed by atoms with Gasteiger partial charge in [-0.2, -0.15) is 0 Å². The predicted octanol–water partition coefficient (Wildman–Crippen LogP) is 0.152. The molecule has 0 aromatic heterocycles. The summed E-state index contributed by atoms with van der Waals surface area (Å²) in [6.07, 6.45) is 0.0997. The number of carbonyl (C=O) groups is 2. The molecule has 2 N–H and O–H groups in total. The van der Waals surface area contributed by atoms with Crippen molar-refractivity contribution in [3.05, 3.63) is 0 Å². The molecule has 0 spiro atoms. The molecule has 7 nitrogen and oxygen atoms in total. The molecule has 0 radical (unpaired) electrons. The first-order valence-corrected chi connectivity index (χ1v) is 5.73. The van der Waals surface area contributed by atoms with E-state index < -0.39 is 18.0 Å². The van der Waals surface area contributed by atoms with Gasteiger partial charge in [0.1, 0.15) is 6.04 Å². The van der Waals surface area contributed by atoms with Gasteiger partial charge in [0.25, 0.3) is 0 Å². The summed E-state index contributed by atoms with van der Waals surface area (Å²) in [4.78, 5) is 23.8. The Morgan fingerprint density at radius 3 is 2.39 bits per heavy atom. The molecule has 0 aliphatic rings. The minimum atomic E-state index is -1.02. The van der Waals surface area contributed by atoms with Crippen LogP contribution in [0.25, 0.3) is 0 Å². The van der Waals surface area contributed by atoms with Gasteiger partial charge in [0.05, 0.1) is 12.7 Å². The number of nitrogens with zero attached hydrogens (tertiary/aromatic N) is 1. The van der Waals surface area contributed by atoms with Crippen molar-refractivity contribution in [2.45, 2.75) is 25.5 Å². The number of carbonyl (C=O) groups excluding carboxylic acids is 1. The molecule has 0 heterocycles. The number of likely N-dealkylation sites (N-methyl/N-ethyl adjacent to an activating group) is 1. The molecule has 0 saturated heterocycles. The normalized spacial score (nSPS) is 13.8. The van der Waals surface area contributed by atoms with Crippen molar-refractivity contribution in [2.24, 2.45) is 0 Å². The van der Waals surface area contributed by atoms with Gasteiger partial charge in [0.2, 0.25) is 0 Å². The molecular weight excluding hydrogens is 240 g/mol. The summed E-state index contributed by atoms with van der Waals surface area (Å²) in [6, 6.07) is -1.27. The van der Waals surface area contributed by atoms with Crippen molar-refractivity contribution < 1.29 is 24.2 Å². The quantitative estimate of drug-likeness (QED) is 0.650. The van der Waals surface area contributed by atoms with Crippen LogP contribution in [-0.4, -0.2) is 68.6 Å². The monoisotopic (exact) mass is 262 g/mol. The predicted molar refractivity (Wildman–Crippen MR) is 65.5 cm³/mol. The Balaban J connectivity index is 4.26. The van der Waals surface area contributed by atoms with Gasteiger partial charge in [-0.3, -0.25) is 0 Å². The highest BCUT2D eigenvalue weighted by atomic mass is 16.5. The van der Waals surface area contributed by atoms with Crippen LogP contribution >= 0.6 is 0 Å². The average Bonchev–Trinajstić information content (AvgIpc) is 2.34. The van der Waals surface area contributed by atoms with Crippen molar-refractivity contribution >= 4 is 12.0 Å². The molecule has 0 aliphatic heterocycles. The van der Waals surface area contributed by atoms with Gasteiger partial charge in [0.15, 0.2) is 0 Å². The standard InChI is InChI=1S/C11H22N2O5/c1-5-9(10(14)15)13(2)11(16)12-6-8(18-4)7-17-3/h8-9H,5-7H2,1-4H3,(H,12,16)(H,14,15). The zero-order valence-corrected chi connectivity index (χ0v) is 11.3. The Labute approximate surface area is 107 Å². The third-order valence-electron chi connectivity index (χ3n) is 2.63. The number of nitrogens with one attached hydrogen (secondary N) is 1. The van der Waals surface area contributed by atoms with E-state index in [-0.39, 0.29) is 12.6 Å². The van der Waals surface area contributed by atoms with Gasteiger partial charge >= 0.3 is 12.0 Å². The molecule has 7 heteroatoms. The molecule has 0 saturated carbocycles.